The molecule has 0 saturated carbocycles. The highest BCUT2D eigenvalue weighted by atomic mass is 32.1. The topological polar surface area (TPSA) is 8.82 Å². The highest BCUT2D eigenvalue weighted by molar-refractivity contribution is 7.27. The van der Waals surface area contributed by atoms with Crippen molar-refractivity contribution in [3.63, 3.8) is 0 Å². The third-order valence-electron chi connectivity index (χ3n) is 9.00. The van der Waals surface area contributed by atoms with Gasteiger partial charge in [-0.1, -0.05) is 72.8 Å². The molecule has 0 radical (unpaired) electrons. The Morgan fingerprint density at radius 1 is 0.350 bits per heavy atom. The van der Waals surface area contributed by atoms with Gasteiger partial charge in [0.15, 0.2) is 0 Å². The quantitative estimate of drug-likeness (QED) is 0.169. The van der Waals surface area contributed by atoms with Gasteiger partial charge in [0.1, 0.15) is 0 Å². The van der Waals surface area contributed by atoms with Crippen LogP contribution in [0.5, 0.6) is 0 Å². The summed E-state index contributed by atoms with van der Waals surface area (Å²) in [5, 5.41) is 10.7. The molecule has 2 nitrogen and oxygen atoms in total. The van der Waals surface area contributed by atoms with E-state index in [1.807, 2.05) is 22.7 Å². The van der Waals surface area contributed by atoms with Crippen molar-refractivity contribution in [1.29, 1.82) is 0 Å². The molecule has 0 aliphatic rings. The molecule has 184 valence electrons. The van der Waals surface area contributed by atoms with Crippen molar-refractivity contribution in [3.05, 3.63) is 109 Å². The molecule has 0 aliphatic heterocycles. The van der Waals surface area contributed by atoms with Gasteiger partial charge in [0.25, 0.3) is 0 Å². The predicted molar refractivity (Wildman–Crippen MR) is 175 cm³/mol. The van der Waals surface area contributed by atoms with Crippen molar-refractivity contribution < 1.29 is 0 Å². The Bertz CT molecular complexity index is 2670. The average Bonchev–Trinajstić information content (AvgIpc) is 3.74. The van der Waals surface area contributed by atoms with E-state index in [4.69, 9.17) is 0 Å². The summed E-state index contributed by atoms with van der Waals surface area (Å²) in [6, 6.07) is 40.7. The number of rotatable bonds is 0. The van der Waals surface area contributed by atoms with Crippen LogP contribution < -0.4 is 0 Å². The molecule has 6 aromatic carbocycles. The first-order chi connectivity index (χ1) is 19.9. The Kier molecular flexibility index (Phi) is 3.42. The largest absolute Gasteiger partial charge is 0.304 e. The molecule has 0 spiro atoms. The van der Waals surface area contributed by atoms with E-state index >= 15 is 0 Å². The van der Waals surface area contributed by atoms with Crippen LogP contribution in [-0.4, -0.2) is 8.80 Å². The standard InChI is InChI=1S/C36H18N2S2/c1-5-13-27-19(9-1)23-17-25-21-11-3-7-15-29(21)39-35(25)33-31(23)37(27)34-32-24(20-10-2-6-14-28(20)38(32)33)18-26-22-12-4-8-16-30(22)40-36(26)34/h1-18H. The maximum atomic E-state index is 2.60. The molecule has 5 heterocycles. The van der Waals surface area contributed by atoms with E-state index in [1.165, 1.54) is 95.0 Å². The van der Waals surface area contributed by atoms with E-state index in [-0.39, 0.29) is 0 Å². The van der Waals surface area contributed by atoms with Gasteiger partial charge >= 0.3 is 0 Å². The van der Waals surface area contributed by atoms with Crippen molar-refractivity contribution in [2.45, 2.75) is 0 Å². The van der Waals surface area contributed by atoms with E-state index < -0.39 is 0 Å². The van der Waals surface area contributed by atoms with Gasteiger partial charge < -0.3 is 8.80 Å². The molecular weight excluding hydrogens is 525 g/mol. The number of nitrogens with zero attached hydrogens (tertiary/aromatic N) is 2. The lowest BCUT2D eigenvalue weighted by Gasteiger charge is -2.13. The zero-order valence-corrected chi connectivity index (χ0v) is 22.7. The van der Waals surface area contributed by atoms with Gasteiger partial charge in [-0.3, -0.25) is 0 Å². The first-order valence-corrected chi connectivity index (χ1v) is 15.3. The normalized spacial score (nSPS) is 13.0. The summed E-state index contributed by atoms with van der Waals surface area (Å²) < 4.78 is 10.6. The number of thiophene rings is 2. The fourth-order valence-corrected chi connectivity index (χ4v) is 9.88. The van der Waals surface area contributed by atoms with Gasteiger partial charge in [-0.15, -0.1) is 22.7 Å². The maximum absolute atomic E-state index is 2.60. The third-order valence-corrected chi connectivity index (χ3v) is 11.4. The summed E-state index contributed by atoms with van der Waals surface area (Å²) >= 11 is 3.85. The van der Waals surface area contributed by atoms with Crippen LogP contribution in [0.1, 0.15) is 0 Å². The van der Waals surface area contributed by atoms with Gasteiger partial charge in [0.05, 0.1) is 42.5 Å². The fourth-order valence-electron chi connectivity index (χ4n) is 7.44. The number of hydrogen-bond acceptors (Lipinski definition) is 2. The van der Waals surface area contributed by atoms with E-state index in [0.717, 1.165) is 0 Å². The second-order valence-corrected chi connectivity index (χ2v) is 13.0. The van der Waals surface area contributed by atoms with Gasteiger partial charge in [-0.05, 0) is 36.4 Å². The molecule has 0 saturated heterocycles. The maximum Gasteiger partial charge on any atom is 0.0890 e. The molecule has 4 heteroatoms. The Hall–Kier alpha value is -4.64. The lowest BCUT2D eigenvalue weighted by atomic mass is 10.1. The van der Waals surface area contributed by atoms with Crippen LogP contribution in [0, 0.1) is 0 Å². The van der Waals surface area contributed by atoms with Gasteiger partial charge in [-0.2, -0.15) is 0 Å². The molecule has 0 aliphatic carbocycles. The van der Waals surface area contributed by atoms with Crippen molar-refractivity contribution in [2.75, 3.05) is 0 Å². The first kappa shape index (κ1) is 20.3. The Labute approximate surface area is 234 Å². The molecule has 11 aromatic rings. The van der Waals surface area contributed by atoms with Crippen molar-refractivity contribution in [2.24, 2.45) is 0 Å². The Morgan fingerprint density at radius 3 is 1.23 bits per heavy atom. The van der Waals surface area contributed by atoms with E-state index in [1.54, 1.807) is 0 Å². The van der Waals surface area contributed by atoms with Crippen molar-refractivity contribution >= 4 is 118 Å². The van der Waals surface area contributed by atoms with Crippen LogP contribution >= 0.6 is 22.7 Å². The number of fused-ring (bicyclic) bond motifs is 16. The van der Waals surface area contributed by atoms with Crippen LogP contribution in [0.25, 0.3) is 95.0 Å². The van der Waals surface area contributed by atoms with E-state index in [9.17, 15) is 0 Å². The molecule has 0 atom stereocenters. The monoisotopic (exact) mass is 542 g/mol. The average molecular weight is 543 g/mol. The number of para-hydroxylation sites is 2. The van der Waals surface area contributed by atoms with Crippen LogP contribution in [0.2, 0.25) is 0 Å². The minimum Gasteiger partial charge on any atom is -0.304 e. The second-order valence-electron chi connectivity index (χ2n) is 10.9. The molecule has 11 rings (SSSR count). The summed E-state index contributed by atoms with van der Waals surface area (Å²) in [5.74, 6) is 0. The van der Waals surface area contributed by atoms with Crippen LogP contribution in [0.15, 0.2) is 109 Å². The summed E-state index contributed by atoms with van der Waals surface area (Å²) in [6.45, 7) is 0. The zero-order valence-electron chi connectivity index (χ0n) is 21.1. The van der Waals surface area contributed by atoms with Crippen molar-refractivity contribution in [1.82, 2.24) is 8.80 Å². The van der Waals surface area contributed by atoms with Gasteiger partial charge in [0.2, 0.25) is 0 Å². The Balaban J connectivity index is 1.61. The summed E-state index contributed by atoms with van der Waals surface area (Å²) in [7, 11) is 0. The highest BCUT2D eigenvalue weighted by Crippen LogP contribution is 2.50. The molecule has 40 heavy (non-hydrogen) atoms. The molecular formula is C36H18N2S2. The summed E-state index contributed by atoms with van der Waals surface area (Å²) in [6.07, 6.45) is 0. The smallest absolute Gasteiger partial charge is 0.0890 e. The SMILES string of the molecule is c1ccc2c(c1)sc1c2cc2c3ccccc3n3c2c1n1c2ccccc2c2cc4c5ccccc5sc4c3c21. The van der Waals surface area contributed by atoms with Gasteiger partial charge in [0, 0.05) is 52.5 Å². The van der Waals surface area contributed by atoms with Gasteiger partial charge in [-0.25, -0.2) is 0 Å². The fraction of sp³-hybridized carbons (Fsp3) is 0. The molecule has 0 N–H and O–H groups in total. The minimum atomic E-state index is 1.28. The first-order valence-electron chi connectivity index (χ1n) is 13.6. The molecule has 0 amide bonds. The molecule has 0 bridgehead atoms. The lowest BCUT2D eigenvalue weighted by molar-refractivity contribution is 1.28. The molecule has 0 fully saturated rings. The lowest BCUT2D eigenvalue weighted by Crippen LogP contribution is -1.97. The summed E-state index contributed by atoms with van der Waals surface area (Å²) in [5.41, 5.74) is 7.85. The third kappa shape index (κ3) is 2.15. The zero-order chi connectivity index (χ0) is 25.7. The van der Waals surface area contributed by atoms with Crippen LogP contribution in [0.3, 0.4) is 0 Å². The number of aromatic nitrogens is 2. The highest BCUT2D eigenvalue weighted by Gasteiger charge is 2.26. The van der Waals surface area contributed by atoms with E-state index in [0.29, 0.717) is 0 Å². The molecule has 5 aromatic heterocycles. The van der Waals surface area contributed by atoms with E-state index in [2.05, 4.69) is 118 Å². The number of benzene rings is 6. The van der Waals surface area contributed by atoms with Crippen LogP contribution in [-0.2, 0) is 0 Å². The summed E-state index contributed by atoms with van der Waals surface area (Å²) in [4.78, 5) is 0. The Morgan fingerprint density at radius 2 is 0.750 bits per heavy atom. The van der Waals surface area contributed by atoms with Crippen LogP contribution in [0.4, 0.5) is 0 Å². The molecule has 0 unspecified atom stereocenters. The predicted octanol–water partition coefficient (Wildman–Crippen LogP) is 11.0. The second kappa shape index (κ2) is 6.73. The van der Waals surface area contributed by atoms with Crippen molar-refractivity contribution in [3.8, 4) is 0 Å². The number of hydrogen-bond donors (Lipinski definition) is 0. The minimum absolute atomic E-state index is 1.28.